The molecule has 2 aliphatic heterocycles. The quantitative estimate of drug-likeness (QED) is 0.879. The van der Waals surface area contributed by atoms with Crippen LogP contribution >= 0.6 is 11.6 Å². The monoisotopic (exact) mass is 363 g/mol. The Kier molecular flexibility index (Phi) is 6.19. The number of hydrogen-bond acceptors (Lipinski definition) is 2. The van der Waals surface area contributed by atoms with Gasteiger partial charge in [-0.2, -0.15) is 0 Å². The van der Waals surface area contributed by atoms with Crippen LogP contribution in [0.3, 0.4) is 0 Å². The summed E-state index contributed by atoms with van der Waals surface area (Å²) in [5.41, 5.74) is 0.751. The van der Waals surface area contributed by atoms with Gasteiger partial charge < -0.3 is 15.1 Å². The Morgan fingerprint density at radius 1 is 1.04 bits per heavy atom. The van der Waals surface area contributed by atoms with Crippen molar-refractivity contribution in [1.29, 1.82) is 0 Å². The number of halogens is 1. The van der Waals surface area contributed by atoms with Crippen LogP contribution in [-0.4, -0.2) is 47.9 Å². The number of benzene rings is 1. The van der Waals surface area contributed by atoms with E-state index in [1.54, 1.807) is 24.3 Å². The average molecular weight is 364 g/mol. The fraction of sp³-hybridized carbons (Fsp3) is 0.579. The molecule has 1 unspecified atom stereocenters. The van der Waals surface area contributed by atoms with Crippen LogP contribution in [0, 0.1) is 5.92 Å². The average Bonchev–Trinajstić information content (AvgIpc) is 3.16. The Labute approximate surface area is 154 Å². The second-order valence-electron chi connectivity index (χ2n) is 7.02. The maximum absolute atomic E-state index is 12.5. The highest BCUT2D eigenvalue weighted by Crippen LogP contribution is 2.23. The van der Waals surface area contributed by atoms with E-state index in [1.807, 2.05) is 9.80 Å². The number of rotatable bonds is 4. The molecule has 25 heavy (non-hydrogen) atoms. The lowest BCUT2D eigenvalue weighted by Gasteiger charge is -2.33. The van der Waals surface area contributed by atoms with Gasteiger partial charge in [0, 0.05) is 43.3 Å². The molecular weight excluding hydrogens is 338 g/mol. The van der Waals surface area contributed by atoms with Gasteiger partial charge in [0.15, 0.2) is 0 Å². The first-order chi connectivity index (χ1) is 12.1. The molecule has 2 saturated heterocycles. The molecule has 6 heteroatoms. The molecule has 0 radical (unpaired) electrons. The smallest absolute Gasteiger partial charge is 0.321 e. The van der Waals surface area contributed by atoms with Gasteiger partial charge in [-0.3, -0.25) is 4.79 Å². The summed E-state index contributed by atoms with van der Waals surface area (Å²) < 4.78 is 0. The summed E-state index contributed by atoms with van der Waals surface area (Å²) >= 11 is 5.87. The standard InChI is InChI=1S/C19H26ClN3O2/c20-16-6-8-17(9-7-16)21-19(25)23-13-3-4-15(14-23)5-10-18(24)22-11-1-2-12-22/h6-9,15H,1-5,10-14H2,(H,21,25). The van der Waals surface area contributed by atoms with E-state index in [0.717, 1.165) is 64.0 Å². The number of amides is 3. The predicted octanol–water partition coefficient (Wildman–Crippen LogP) is 3.99. The van der Waals surface area contributed by atoms with E-state index in [9.17, 15) is 9.59 Å². The van der Waals surface area contributed by atoms with Crippen LogP contribution < -0.4 is 5.32 Å². The Hall–Kier alpha value is -1.75. The molecule has 5 nitrogen and oxygen atoms in total. The van der Waals surface area contributed by atoms with Gasteiger partial charge in [-0.15, -0.1) is 0 Å². The van der Waals surface area contributed by atoms with Crippen molar-refractivity contribution in [3.63, 3.8) is 0 Å². The second kappa shape index (κ2) is 8.56. The maximum atomic E-state index is 12.5. The number of carbonyl (C=O) groups is 2. The molecule has 2 aliphatic rings. The summed E-state index contributed by atoms with van der Waals surface area (Å²) in [7, 11) is 0. The molecule has 1 aromatic rings. The van der Waals surface area contributed by atoms with Crippen LogP contribution in [0.15, 0.2) is 24.3 Å². The zero-order valence-corrected chi connectivity index (χ0v) is 15.3. The molecular formula is C19H26ClN3O2. The Bertz CT molecular complexity index is 599. The summed E-state index contributed by atoms with van der Waals surface area (Å²) in [6.07, 6.45) is 5.84. The number of piperidine rings is 1. The number of anilines is 1. The number of carbonyl (C=O) groups excluding carboxylic acids is 2. The molecule has 3 rings (SSSR count). The van der Waals surface area contributed by atoms with Gasteiger partial charge in [-0.1, -0.05) is 11.6 Å². The van der Waals surface area contributed by atoms with E-state index in [4.69, 9.17) is 11.6 Å². The minimum atomic E-state index is -0.0714. The van der Waals surface area contributed by atoms with E-state index in [1.165, 1.54) is 0 Å². The van der Waals surface area contributed by atoms with Gasteiger partial charge >= 0.3 is 6.03 Å². The lowest BCUT2D eigenvalue weighted by molar-refractivity contribution is -0.130. The molecule has 0 saturated carbocycles. The van der Waals surface area contributed by atoms with Crippen LogP contribution in [0.5, 0.6) is 0 Å². The minimum absolute atomic E-state index is 0.0714. The maximum Gasteiger partial charge on any atom is 0.321 e. The van der Waals surface area contributed by atoms with Crippen molar-refractivity contribution in [1.82, 2.24) is 9.80 Å². The van der Waals surface area contributed by atoms with Gasteiger partial charge in [0.2, 0.25) is 5.91 Å². The zero-order valence-electron chi connectivity index (χ0n) is 14.5. The van der Waals surface area contributed by atoms with E-state index >= 15 is 0 Å². The molecule has 3 amide bonds. The summed E-state index contributed by atoms with van der Waals surface area (Å²) in [4.78, 5) is 28.5. The Morgan fingerprint density at radius 3 is 2.44 bits per heavy atom. The minimum Gasteiger partial charge on any atom is -0.343 e. The summed E-state index contributed by atoms with van der Waals surface area (Å²) in [6.45, 7) is 3.33. The van der Waals surface area contributed by atoms with Gasteiger partial charge in [-0.05, 0) is 62.3 Å². The lowest BCUT2D eigenvalue weighted by atomic mass is 9.93. The van der Waals surface area contributed by atoms with E-state index in [-0.39, 0.29) is 11.9 Å². The van der Waals surface area contributed by atoms with Gasteiger partial charge in [0.25, 0.3) is 0 Å². The molecule has 136 valence electrons. The van der Waals surface area contributed by atoms with Gasteiger partial charge in [-0.25, -0.2) is 4.79 Å². The first kappa shape index (κ1) is 18.1. The number of nitrogens with zero attached hydrogens (tertiary/aromatic N) is 2. The van der Waals surface area contributed by atoms with Crippen LogP contribution in [0.4, 0.5) is 10.5 Å². The normalized spacial score (nSPS) is 20.6. The number of hydrogen-bond donors (Lipinski definition) is 1. The van der Waals surface area contributed by atoms with Crippen molar-refractivity contribution in [3.8, 4) is 0 Å². The molecule has 0 spiro atoms. The molecule has 0 bridgehead atoms. The third-order valence-electron chi connectivity index (χ3n) is 5.13. The number of urea groups is 1. The molecule has 1 atom stereocenters. The van der Waals surface area contributed by atoms with Crippen molar-refractivity contribution in [2.24, 2.45) is 5.92 Å². The molecule has 0 aliphatic carbocycles. The zero-order chi connectivity index (χ0) is 17.6. The van der Waals surface area contributed by atoms with Crippen LogP contribution in [-0.2, 0) is 4.79 Å². The van der Waals surface area contributed by atoms with Crippen molar-refractivity contribution >= 4 is 29.2 Å². The fourth-order valence-corrected chi connectivity index (χ4v) is 3.80. The van der Waals surface area contributed by atoms with E-state index in [0.29, 0.717) is 17.4 Å². The lowest BCUT2D eigenvalue weighted by Crippen LogP contribution is -2.42. The van der Waals surface area contributed by atoms with Crippen LogP contribution in [0.2, 0.25) is 5.02 Å². The first-order valence-corrected chi connectivity index (χ1v) is 9.59. The third kappa shape index (κ3) is 5.11. The topological polar surface area (TPSA) is 52.7 Å². The summed E-state index contributed by atoms with van der Waals surface area (Å²) in [6, 6.07) is 7.06. The summed E-state index contributed by atoms with van der Waals surface area (Å²) in [5.74, 6) is 0.691. The third-order valence-corrected chi connectivity index (χ3v) is 5.38. The van der Waals surface area contributed by atoms with Crippen LogP contribution in [0.1, 0.15) is 38.5 Å². The number of nitrogens with one attached hydrogen (secondary N) is 1. The van der Waals surface area contributed by atoms with E-state index < -0.39 is 0 Å². The molecule has 1 aromatic carbocycles. The predicted molar refractivity (Wildman–Crippen MR) is 99.8 cm³/mol. The van der Waals surface area contributed by atoms with Crippen molar-refractivity contribution < 1.29 is 9.59 Å². The highest BCUT2D eigenvalue weighted by molar-refractivity contribution is 6.30. The highest BCUT2D eigenvalue weighted by atomic mass is 35.5. The number of likely N-dealkylation sites (tertiary alicyclic amines) is 2. The van der Waals surface area contributed by atoms with Crippen molar-refractivity contribution in [3.05, 3.63) is 29.3 Å². The molecule has 0 aromatic heterocycles. The van der Waals surface area contributed by atoms with Crippen LogP contribution in [0.25, 0.3) is 0 Å². The molecule has 2 fully saturated rings. The molecule has 1 N–H and O–H groups in total. The SMILES string of the molecule is O=C(CCC1CCCN(C(=O)Nc2ccc(Cl)cc2)C1)N1CCCC1. The van der Waals surface area contributed by atoms with Crippen molar-refractivity contribution in [2.45, 2.75) is 38.5 Å². The van der Waals surface area contributed by atoms with E-state index in [2.05, 4.69) is 5.32 Å². The highest BCUT2D eigenvalue weighted by Gasteiger charge is 2.25. The largest absolute Gasteiger partial charge is 0.343 e. The summed E-state index contributed by atoms with van der Waals surface area (Å²) in [5, 5.41) is 3.57. The first-order valence-electron chi connectivity index (χ1n) is 9.21. The fourth-order valence-electron chi connectivity index (χ4n) is 3.67. The molecule has 2 heterocycles. The van der Waals surface area contributed by atoms with Gasteiger partial charge in [0.05, 0.1) is 0 Å². The Balaban J connectivity index is 1.46. The van der Waals surface area contributed by atoms with Crippen molar-refractivity contribution in [2.75, 3.05) is 31.5 Å². The van der Waals surface area contributed by atoms with Gasteiger partial charge in [0.1, 0.15) is 0 Å². The Morgan fingerprint density at radius 2 is 1.72 bits per heavy atom. The second-order valence-corrected chi connectivity index (χ2v) is 7.45.